The first kappa shape index (κ1) is 13.6. The summed E-state index contributed by atoms with van der Waals surface area (Å²) in [6.07, 6.45) is 6.56. The Bertz CT molecular complexity index is 358. The minimum Gasteiger partial charge on any atom is -0.311 e. The van der Waals surface area contributed by atoms with Crippen LogP contribution in [0.25, 0.3) is 0 Å². The van der Waals surface area contributed by atoms with Crippen molar-refractivity contribution in [3.8, 4) is 0 Å². The normalized spacial score (nSPS) is 36.6. The van der Waals surface area contributed by atoms with Gasteiger partial charge in [-0.05, 0) is 44.4 Å². The van der Waals surface area contributed by atoms with Crippen molar-refractivity contribution >= 4 is 22.4 Å². The van der Waals surface area contributed by atoms with Gasteiger partial charge in [-0.25, -0.2) is 13.1 Å². The second kappa shape index (κ2) is 5.03. The lowest BCUT2D eigenvalue weighted by Crippen LogP contribution is -2.48. The maximum Gasteiger partial charge on any atom is 0.212 e. The van der Waals surface area contributed by atoms with Gasteiger partial charge in [0.25, 0.3) is 0 Å². The zero-order chi connectivity index (χ0) is 11.2. The second-order valence-electron chi connectivity index (χ2n) is 5.65. The van der Waals surface area contributed by atoms with Crippen molar-refractivity contribution in [2.24, 2.45) is 5.92 Å². The Morgan fingerprint density at radius 1 is 1.06 bits per heavy atom. The molecule has 3 aliphatic rings. The Morgan fingerprint density at radius 3 is 2.18 bits per heavy atom. The van der Waals surface area contributed by atoms with Crippen LogP contribution in [-0.2, 0) is 10.0 Å². The molecule has 2 bridgehead atoms. The van der Waals surface area contributed by atoms with E-state index in [1.807, 2.05) is 0 Å². The molecular weight excluding hydrogens is 260 g/mol. The fraction of sp³-hybridized carbons (Fsp3) is 1.00. The SMILES string of the molecule is Cl.O=S(=O)(CC1CC1)NC1CC2CCC(C1)N2. The number of halogens is 1. The van der Waals surface area contributed by atoms with Crippen LogP contribution in [0.2, 0.25) is 0 Å². The van der Waals surface area contributed by atoms with E-state index in [4.69, 9.17) is 0 Å². The van der Waals surface area contributed by atoms with Crippen LogP contribution < -0.4 is 10.0 Å². The number of sulfonamides is 1. The molecule has 0 aromatic rings. The summed E-state index contributed by atoms with van der Waals surface area (Å²) in [6.45, 7) is 0. The zero-order valence-corrected chi connectivity index (χ0v) is 11.5. The van der Waals surface area contributed by atoms with Crippen molar-refractivity contribution in [3.05, 3.63) is 0 Å². The minimum absolute atomic E-state index is 0. The molecule has 2 atom stereocenters. The van der Waals surface area contributed by atoms with Gasteiger partial charge >= 0.3 is 0 Å². The van der Waals surface area contributed by atoms with E-state index in [0.29, 0.717) is 23.8 Å². The summed E-state index contributed by atoms with van der Waals surface area (Å²) in [5.74, 6) is 0.794. The molecule has 1 saturated carbocycles. The van der Waals surface area contributed by atoms with Gasteiger partial charge in [-0.2, -0.15) is 0 Å². The lowest BCUT2D eigenvalue weighted by molar-refractivity contribution is 0.345. The average Bonchev–Trinajstić information content (AvgIpc) is 2.90. The van der Waals surface area contributed by atoms with Gasteiger partial charge in [-0.3, -0.25) is 0 Å². The second-order valence-corrected chi connectivity index (χ2v) is 7.45. The van der Waals surface area contributed by atoms with Gasteiger partial charge in [0.05, 0.1) is 5.75 Å². The Balaban J connectivity index is 0.00000108. The maximum atomic E-state index is 11.9. The van der Waals surface area contributed by atoms with Crippen molar-refractivity contribution in [1.29, 1.82) is 0 Å². The fourth-order valence-electron chi connectivity index (χ4n) is 3.05. The number of piperidine rings is 1. The number of rotatable bonds is 4. The molecule has 6 heteroatoms. The smallest absolute Gasteiger partial charge is 0.212 e. The van der Waals surface area contributed by atoms with Crippen LogP contribution in [0.4, 0.5) is 0 Å². The lowest BCUT2D eigenvalue weighted by atomic mass is 10.0. The van der Waals surface area contributed by atoms with Gasteiger partial charge in [0, 0.05) is 18.1 Å². The largest absolute Gasteiger partial charge is 0.311 e. The van der Waals surface area contributed by atoms with E-state index in [1.54, 1.807) is 0 Å². The Hall–Kier alpha value is 0.160. The summed E-state index contributed by atoms with van der Waals surface area (Å²) in [5.41, 5.74) is 0. The monoisotopic (exact) mass is 280 g/mol. The molecule has 0 aromatic heterocycles. The van der Waals surface area contributed by atoms with Crippen molar-refractivity contribution in [2.45, 2.75) is 56.7 Å². The Kier molecular flexibility index (Phi) is 4.02. The van der Waals surface area contributed by atoms with Crippen LogP contribution in [0.1, 0.15) is 38.5 Å². The fourth-order valence-corrected chi connectivity index (χ4v) is 4.80. The molecular formula is C11H21ClN2O2S. The summed E-state index contributed by atoms with van der Waals surface area (Å²) in [6, 6.07) is 1.28. The van der Waals surface area contributed by atoms with Crippen LogP contribution in [0.3, 0.4) is 0 Å². The summed E-state index contributed by atoms with van der Waals surface area (Å²) in [5, 5.41) is 3.52. The maximum absolute atomic E-state index is 11.9. The predicted octanol–water partition coefficient (Wildman–Crippen LogP) is 1.02. The van der Waals surface area contributed by atoms with E-state index in [1.165, 1.54) is 12.8 Å². The summed E-state index contributed by atoms with van der Waals surface area (Å²) < 4.78 is 26.6. The van der Waals surface area contributed by atoms with E-state index in [0.717, 1.165) is 25.7 Å². The average molecular weight is 281 g/mol. The highest BCUT2D eigenvalue weighted by molar-refractivity contribution is 7.89. The first-order valence-electron chi connectivity index (χ1n) is 6.37. The first-order chi connectivity index (χ1) is 7.61. The quantitative estimate of drug-likeness (QED) is 0.808. The first-order valence-corrected chi connectivity index (χ1v) is 8.02. The standard InChI is InChI=1S/C11H20N2O2S.ClH/c14-16(15,7-8-1-2-8)13-11-5-9-3-4-10(6-11)12-9;/h8-13H,1-7H2;1H. The minimum atomic E-state index is -3.01. The third-order valence-corrected chi connectivity index (χ3v) is 5.57. The predicted molar refractivity (Wildman–Crippen MR) is 69.9 cm³/mol. The van der Waals surface area contributed by atoms with Crippen molar-refractivity contribution in [1.82, 2.24) is 10.0 Å². The van der Waals surface area contributed by atoms with E-state index in [2.05, 4.69) is 10.0 Å². The van der Waals surface area contributed by atoms with Crippen LogP contribution in [-0.4, -0.2) is 32.3 Å². The third kappa shape index (κ3) is 3.56. The zero-order valence-electron chi connectivity index (χ0n) is 9.89. The van der Waals surface area contributed by atoms with Gasteiger partial charge in [0.15, 0.2) is 0 Å². The van der Waals surface area contributed by atoms with Crippen molar-refractivity contribution in [3.63, 3.8) is 0 Å². The highest BCUT2D eigenvalue weighted by atomic mass is 35.5. The number of nitrogens with one attached hydrogen (secondary N) is 2. The molecule has 0 radical (unpaired) electrons. The lowest BCUT2D eigenvalue weighted by Gasteiger charge is -2.29. The summed E-state index contributed by atoms with van der Waals surface area (Å²) in [4.78, 5) is 0. The molecule has 1 aliphatic carbocycles. The molecule has 100 valence electrons. The molecule has 2 heterocycles. The van der Waals surface area contributed by atoms with Gasteiger partial charge in [-0.15, -0.1) is 12.4 Å². The molecule has 0 spiro atoms. The van der Waals surface area contributed by atoms with Crippen molar-refractivity contribution < 1.29 is 8.42 Å². The van der Waals surface area contributed by atoms with E-state index < -0.39 is 10.0 Å². The molecule has 0 aromatic carbocycles. The molecule has 2 saturated heterocycles. The third-order valence-electron chi connectivity index (χ3n) is 3.97. The van der Waals surface area contributed by atoms with Gasteiger partial charge in [0.2, 0.25) is 10.0 Å². The Labute approximate surface area is 109 Å². The van der Waals surface area contributed by atoms with Gasteiger partial charge in [0.1, 0.15) is 0 Å². The summed E-state index contributed by atoms with van der Waals surface area (Å²) in [7, 11) is -3.01. The van der Waals surface area contributed by atoms with E-state index in [9.17, 15) is 8.42 Å². The number of hydrogen-bond acceptors (Lipinski definition) is 3. The molecule has 2 aliphatic heterocycles. The molecule has 2 unspecified atom stereocenters. The Morgan fingerprint density at radius 2 is 1.65 bits per heavy atom. The van der Waals surface area contributed by atoms with Gasteiger partial charge < -0.3 is 5.32 Å². The van der Waals surface area contributed by atoms with Gasteiger partial charge in [-0.1, -0.05) is 0 Å². The molecule has 3 rings (SSSR count). The van der Waals surface area contributed by atoms with Crippen LogP contribution in [0.5, 0.6) is 0 Å². The van der Waals surface area contributed by atoms with E-state index >= 15 is 0 Å². The molecule has 0 amide bonds. The number of hydrogen-bond donors (Lipinski definition) is 2. The van der Waals surface area contributed by atoms with E-state index in [-0.39, 0.29) is 18.4 Å². The van der Waals surface area contributed by atoms with Crippen molar-refractivity contribution in [2.75, 3.05) is 5.75 Å². The topological polar surface area (TPSA) is 58.2 Å². The highest BCUT2D eigenvalue weighted by Crippen LogP contribution is 2.31. The molecule has 2 N–H and O–H groups in total. The van der Waals surface area contributed by atoms with Crippen LogP contribution in [0, 0.1) is 5.92 Å². The number of fused-ring (bicyclic) bond motifs is 2. The molecule has 17 heavy (non-hydrogen) atoms. The van der Waals surface area contributed by atoms with Crippen LogP contribution >= 0.6 is 12.4 Å². The van der Waals surface area contributed by atoms with Crippen LogP contribution in [0.15, 0.2) is 0 Å². The summed E-state index contributed by atoms with van der Waals surface area (Å²) >= 11 is 0. The highest BCUT2D eigenvalue weighted by Gasteiger charge is 2.36. The molecule has 4 nitrogen and oxygen atoms in total. The molecule has 3 fully saturated rings.